The second-order valence-electron chi connectivity index (χ2n) is 6.74. The molecule has 1 aliphatic heterocycles. The first-order valence-electron chi connectivity index (χ1n) is 8.49. The first-order valence-corrected chi connectivity index (χ1v) is 8.49. The fourth-order valence-corrected chi connectivity index (χ4v) is 3.65. The van der Waals surface area contributed by atoms with Crippen LogP contribution in [-0.2, 0) is 7.05 Å². The van der Waals surface area contributed by atoms with Crippen molar-refractivity contribution in [2.75, 3.05) is 11.4 Å². The second-order valence-corrected chi connectivity index (χ2v) is 6.74. The quantitative estimate of drug-likeness (QED) is 0.823. The summed E-state index contributed by atoms with van der Waals surface area (Å²) in [7, 11) is 1.97. The summed E-state index contributed by atoms with van der Waals surface area (Å²) >= 11 is 0. The molecule has 0 aliphatic carbocycles. The van der Waals surface area contributed by atoms with E-state index >= 15 is 0 Å². The van der Waals surface area contributed by atoms with Crippen LogP contribution in [0.4, 0.5) is 5.69 Å². The molecule has 118 valence electrons. The molecule has 1 aromatic carbocycles. The highest BCUT2D eigenvalue weighted by molar-refractivity contribution is 5.69. The standard InChI is InChI=1S/C19H27N3/c1-5-6-15-9-10-22(14(2)3)19-8-7-16(11-18(15)19)17-12-20-21(4)13-17/h7-8,11-15H,5-6,9-10H2,1-4H3/t15-/m0/s1. The van der Waals surface area contributed by atoms with Gasteiger partial charge in [0.15, 0.2) is 0 Å². The zero-order valence-electron chi connectivity index (χ0n) is 14.2. The number of fused-ring (bicyclic) bond motifs is 1. The van der Waals surface area contributed by atoms with Gasteiger partial charge in [0.2, 0.25) is 0 Å². The molecule has 0 amide bonds. The third-order valence-corrected chi connectivity index (χ3v) is 4.79. The molecule has 0 N–H and O–H groups in total. The van der Waals surface area contributed by atoms with Gasteiger partial charge >= 0.3 is 0 Å². The van der Waals surface area contributed by atoms with Crippen molar-refractivity contribution in [1.29, 1.82) is 0 Å². The minimum atomic E-state index is 0.561. The maximum Gasteiger partial charge on any atom is 0.0568 e. The second kappa shape index (κ2) is 6.15. The topological polar surface area (TPSA) is 21.1 Å². The summed E-state index contributed by atoms with van der Waals surface area (Å²) in [6, 6.07) is 7.53. The molecule has 22 heavy (non-hydrogen) atoms. The molecular formula is C19H27N3. The molecule has 0 saturated carbocycles. The van der Waals surface area contributed by atoms with Crippen LogP contribution in [-0.4, -0.2) is 22.4 Å². The number of hydrogen-bond acceptors (Lipinski definition) is 2. The van der Waals surface area contributed by atoms with Crippen LogP contribution in [0.2, 0.25) is 0 Å². The highest BCUT2D eigenvalue weighted by Crippen LogP contribution is 2.40. The zero-order valence-corrected chi connectivity index (χ0v) is 14.2. The van der Waals surface area contributed by atoms with Crippen LogP contribution in [0.1, 0.15) is 51.5 Å². The summed E-state index contributed by atoms with van der Waals surface area (Å²) in [6.07, 6.45) is 7.87. The third-order valence-electron chi connectivity index (χ3n) is 4.79. The number of hydrogen-bond donors (Lipinski definition) is 0. The van der Waals surface area contributed by atoms with E-state index in [1.54, 1.807) is 0 Å². The Labute approximate surface area is 133 Å². The van der Waals surface area contributed by atoms with Crippen molar-refractivity contribution in [3.63, 3.8) is 0 Å². The lowest BCUT2D eigenvalue weighted by Crippen LogP contribution is -2.36. The molecule has 1 aromatic heterocycles. The van der Waals surface area contributed by atoms with Crippen LogP contribution in [0.25, 0.3) is 11.1 Å². The van der Waals surface area contributed by atoms with Crippen molar-refractivity contribution >= 4 is 5.69 Å². The van der Waals surface area contributed by atoms with Gasteiger partial charge in [-0.05, 0) is 55.9 Å². The Kier molecular flexibility index (Phi) is 4.23. The van der Waals surface area contributed by atoms with Crippen molar-refractivity contribution in [2.45, 2.75) is 52.0 Å². The van der Waals surface area contributed by atoms with Gasteiger partial charge in [-0.1, -0.05) is 19.4 Å². The van der Waals surface area contributed by atoms with Gasteiger partial charge in [0, 0.05) is 37.1 Å². The molecule has 0 fully saturated rings. The van der Waals surface area contributed by atoms with Crippen LogP contribution in [0.3, 0.4) is 0 Å². The summed E-state index contributed by atoms with van der Waals surface area (Å²) in [6.45, 7) is 8.05. The van der Waals surface area contributed by atoms with Gasteiger partial charge in [0.1, 0.15) is 0 Å². The molecule has 2 heterocycles. The molecule has 2 aromatic rings. The van der Waals surface area contributed by atoms with Crippen molar-refractivity contribution in [3.8, 4) is 11.1 Å². The summed E-state index contributed by atoms with van der Waals surface area (Å²) in [5.41, 5.74) is 5.47. The average molecular weight is 297 g/mol. The summed E-state index contributed by atoms with van der Waals surface area (Å²) in [4.78, 5) is 2.55. The molecule has 0 spiro atoms. The molecule has 0 unspecified atom stereocenters. The monoisotopic (exact) mass is 297 g/mol. The average Bonchev–Trinajstić information content (AvgIpc) is 2.93. The first-order chi connectivity index (χ1) is 10.6. The van der Waals surface area contributed by atoms with Gasteiger partial charge in [-0.2, -0.15) is 5.10 Å². The van der Waals surface area contributed by atoms with E-state index in [2.05, 4.69) is 55.2 Å². The highest BCUT2D eigenvalue weighted by Gasteiger charge is 2.26. The number of nitrogens with zero attached hydrogens (tertiary/aromatic N) is 3. The molecule has 0 bridgehead atoms. The Morgan fingerprint density at radius 1 is 1.27 bits per heavy atom. The Balaban J connectivity index is 2.03. The van der Waals surface area contributed by atoms with E-state index in [4.69, 9.17) is 0 Å². The molecule has 3 heteroatoms. The molecular weight excluding hydrogens is 270 g/mol. The number of aromatic nitrogens is 2. The zero-order chi connectivity index (χ0) is 15.7. The van der Waals surface area contributed by atoms with Gasteiger partial charge in [-0.25, -0.2) is 0 Å². The lowest BCUT2D eigenvalue weighted by molar-refractivity contribution is 0.516. The van der Waals surface area contributed by atoms with Crippen molar-refractivity contribution < 1.29 is 0 Å². The number of aryl methyl sites for hydroxylation is 1. The van der Waals surface area contributed by atoms with Crippen LogP contribution in [0, 0.1) is 0 Å². The molecule has 0 radical (unpaired) electrons. The lowest BCUT2D eigenvalue weighted by atomic mass is 9.84. The fraction of sp³-hybridized carbons (Fsp3) is 0.526. The summed E-state index contributed by atoms with van der Waals surface area (Å²) < 4.78 is 1.87. The van der Waals surface area contributed by atoms with Crippen molar-refractivity contribution in [1.82, 2.24) is 9.78 Å². The van der Waals surface area contributed by atoms with Crippen molar-refractivity contribution in [2.24, 2.45) is 7.05 Å². The Morgan fingerprint density at radius 3 is 2.73 bits per heavy atom. The van der Waals surface area contributed by atoms with Gasteiger partial charge in [-0.3, -0.25) is 4.68 Å². The van der Waals surface area contributed by atoms with Crippen LogP contribution in [0.15, 0.2) is 30.6 Å². The van der Waals surface area contributed by atoms with Crippen molar-refractivity contribution in [3.05, 3.63) is 36.2 Å². The molecule has 0 saturated heterocycles. The number of benzene rings is 1. The van der Waals surface area contributed by atoms with E-state index in [0.29, 0.717) is 12.0 Å². The smallest absolute Gasteiger partial charge is 0.0568 e. The van der Waals surface area contributed by atoms with E-state index in [0.717, 1.165) is 0 Å². The Hall–Kier alpha value is -1.77. The van der Waals surface area contributed by atoms with Gasteiger partial charge in [0.05, 0.1) is 6.20 Å². The molecule has 3 nitrogen and oxygen atoms in total. The minimum Gasteiger partial charge on any atom is -0.369 e. The lowest BCUT2D eigenvalue weighted by Gasteiger charge is -2.38. The number of rotatable bonds is 4. The van der Waals surface area contributed by atoms with Crippen LogP contribution >= 0.6 is 0 Å². The number of anilines is 1. The fourth-order valence-electron chi connectivity index (χ4n) is 3.65. The van der Waals surface area contributed by atoms with Crippen LogP contribution < -0.4 is 4.90 Å². The molecule has 1 atom stereocenters. The maximum absolute atomic E-state index is 4.31. The predicted octanol–water partition coefficient (Wildman–Crippen LogP) is 4.59. The van der Waals surface area contributed by atoms with Gasteiger partial charge < -0.3 is 4.90 Å². The highest BCUT2D eigenvalue weighted by atomic mass is 15.2. The Morgan fingerprint density at radius 2 is 2.09 bits per heavy atom. The van der Waals surface area contributed by atoms with E-state index < -0.39 is 0 Å². The van der Waals surface area contributed by atoms with Crippen LogP contribution in [0.5, 0.6) is 0 Å². The SMILES string of the molecule is CCC[C@H]1CCN(C(C)C)c2ccc(-c3cnn(C)c3)cc21. The van der Waals surface area contributed by atoms with E-state index in [9.17, 15) is 0 Å². The first kappa shape index (κ1) is 15.1. The van der Waals surface area contributed by atoms with E-state index in [1.165, 1.54) is 48.2 Å². The third kappa shape index (κ3) is 2.77. The van der Waals surface area contributed by atoms with Gasteiger partial charge in [0.25, 0.3) is 0 Å². The van der Waals surface area contributed by atoms with Gasteiger partial charge in [-0.15, -0.1) is 0 Å². The summed E-state index contributed by atoms with van der Waals surface area (Å²) in [5, 5.41) is 4.31. The predicted molar refractivity (Wildman–Crippen MR) is 93.4 cm³/mol. The Bertz CT molecular complexity index is 642. The van der Waals surface area contributed by atoms with E-state index in [1.807, 2.05) is 17.9 Å². The molecule has 1 aliphatic rings. The largest absolute Gasteiger partial charge is 0.369 e. The molecule has 3 rings (SSSR count). The van der Waals surface area contributed by atoms with E-state index in [-0.39, 0.29) is 0 Å². The normalized spacial score (nSPS) is 17.9. The summed E-state index contributed by atoms with van der Waals surface area (Å²) in [5.74, 6) is 0.701. The minimum absolute atomic E-state index is 0.561. The maximum atomic E-state index is 4.31.